The fraction of sp³-hybridized carbons (Fsp3) is 0. The zero-order chi connectivity index (χ0) is 7.40. The lowest BCUT2D eigenvalue weighted by Gasteiger charge is -1.96. The number of nitrogens with one attached hydrogen (secondary N) is 1. The number of anilines is 1. The van der Waals surface area contributed by atoms with Gasteiger partial charge in [-0.2, -0.15) is 0 Å². The van der Waals surface area contributed by atoms with Gasteiger partial charge in [0.2, 0.25) is 0 Å². The molecule has 0 aliphatic rings. The van der Waals surface area contributed by atoms with E-state index in [1.165, 1.54) is 0 Å². The molecule has 1 heterocycles. The molecule has 0 aliphatic carbocycles. The fourth-order valence-electron chi connectivity index (χ4n) is 0.595. The van der Waals surface area contributed by atoms with Crippen molar-refractivity contribution in [1.29, 1.82) is 0 Å². The van der Waals surface area contributed by atoms with Gasteiger partial charge in [-0.15, -0.1) is 6.42 Å². The summed E-state index contributed by atoms with van der Waals surface area (Å²) in [6.45, 7) is 0. The summed E-state index contributed by atoms with van der Waals surface area (Å²) in [5, 5.41) is 0. The van der Waals surface area contributed by atoms with E-state index in [9.17, 15) is 0 Å². The summed E-state index contributed by atoms with van der Waals surface area (Å²) < 4.78 is 0. The molecule has 0 unspecified atom stereocenters. The largest absolute Gasteiger partial charge is 0.308 e. The first-order valence-electron chi connectivity index (χ1n) is 2.77. The predicted octanol–water partition coefficient (Wildman–Crippen LogP) is 0.349. The van der Waals surface area contributed by atoms with Gasteiger partial charge in [0.05, 0.1) is 0 Å². The van der Waals surface area contributed by atoms with Crippen LogP contribution in [0.1, 0.15) is 5.69 Å². The number of hydrogen-bond acceptors (Lipinski definition) is 3. The highest BCUT2D eigenvalue weighted by Crippen LogP contribution is 2.00. The molecule has 1 rings (SSSR count). The summed E-state index contributed by atoms with van der Waals surface area (Å²) in [7, 11) is 0. The molecule has 0 radical (unpaired) electrons. The van der Waals surface area contributed by atoms with Crippen LogP contribution in [0.3, 0.4) is 0 Å². The highest BCUT2D eigenvalue weighted by Gasteiger charge is 1.89. The summed E-state index contributed by atoms with van der Waals surface area (Å²) in [5.41, 5.74) is 2.97. The van der Waals surface area contributed by atoms with Crippen molar-refractivity contribution >= 4 is 5.82 Å². The number of nitrogen functional groups attached to an aromatic ring is 1. The number of rotatable bonds is 1. The number of pyridine rings is 1. The molecule has 0 saturated heterocycles. The number of hydrogen-bond donors (Lipinski definition) is 2. The Morgan fingerprint density at radius 1 is 1.60 bits per heavy atom. The second kappa shape index (κ2) is 2.85. The molecular formula is C7H7N3. The molecule has 1 aromatic heterocycles. The van der Waals surface area contributed by atoms with Crippen LogP contribution in [0.2, 0.25) is 0 Å². The van der Waals surface area contributed by atoms with Gasteiger partial charge in [-0.3, -0.25) is 0 Å². The van der Waals surface area contributed by atoms with Gasteiger partial charge in [0.1, 0.15) is 11.5 Å². The van der Waals surface area contributed by atoms with E-state index in [2.05, 4.69) is 16.3 Å². The highest BCUT2D eigenvalue weighted by molar-refractivity contribution is 5.37. The van der Waals surface area contributed by atoms with Crippen LogP contribution in [0.15, 0.2) is 18.2 Å². The van der Waals surface area contributed by atoms with Gasteiger partial charge in [0, 0.05) is 0 Å². The number of aromatic nitrogens is 1. The Balaban J connectivity index is 3.01. The smallest absolute Gasteiger partial charge is 0.141 e. The van der Waals surface area contributed by atoms with Crippen LogP contribution >= 0.6 is 0 Å². The molecule has 10 heavy (non-hydrogen) atoms. The standard InChI is InChI=1S/C7H7N3/c1-2-6-4-3-5-7(9-6)10-8/h1,3-5H,8H2,(H,9,10). The van der Waals surface area contributed by atoms with E-state index >= 15 is 0 Å². The molecule has 0 aromatic carbocycles. The summed E-state index contributed by atoms with van der Waals surface area (Å²) in [4.78, 5) is 3.94. The maximum atomic E-state index is 5.09. The first kappa shape index (κ1) is 6.59. The first-order chi connectivity index (χ1) is 4.86. The lowest BCUT2D eigenvalue weighted by atomic mass is 10.3. The second-order valence-electron chi connectivity index (χ2n) is 1.70. The van der Waals surface area contributed by atoms with Crippen LogP contribution in [-0.4, -0.2) is 4.98 Å². The predicted molar refractivity (Wildman–Crippen MR) is 40.0 cm³/mol. The van der Waals surface area contributed by atoms with Gasteiger partial charge in [0.25, 0.3) is 0 Å². The molecule has 0 aliphatic heterocycles. The van der Waals surface area contributed by atoms with E-state index in [1.807, 2.05) is 0 Å². The Morgan fingerprint density at radius 2 is 2.40 bits per heavy atom. The normalized spacial score (nSPS) is 8.40. The van der Waals surface area contributed by atoms with Crippen LogP contribution in [0.25, 0.3) is 0 Å². The zero-order valence-electron chi connectivity index (χ0n) is 5.33. The lowest BCUT2D eigenvalue weighted by molar-refractivity contribution is 1.21. The number of terminal acetylenes is 1. The van der Waals surface area contributed by atoms with Gasteiger partial charge in [0.15, 0.2) is 0 Å². The van der Waals surface area contributed by atoms with Crippen molar-refractivity contribution in [2.24, 2.45) is 5.84 Å². The van der Waals surface area contributed by atoms with E-state index in [-0.39, 0.29) is 0 Å². The maximum Gasteiger partial charge on any atom is 0.141 e. The third kappa shape index (κ3) is 1.24. The topological polar surface area (TPSA) is 50.9 Å². The monoisotopic (exact) mass is 133 g/mol. The molecule has 0 atom stereocenters. The molecule has 3 heteroatoms. The average Bonchev–Trinajstić information content (AvgIpc) is 2.05. The molecule has 1 aromatic rings. The zero-order valence-corrected chi connectivity index (χ0v) is 5.33. The van der Waals surface area contributed by atoms with Crippen molar-refractivity contribution in [3.8, 4) is 12.3 Å². The molecule has 0 saturated carbocycles. The summed E-state index contributed by atoms with van der Waals surface area (Å²) in [6.07, 6.45) is 5.09. The molecule has 3 nitrogen and oxygen atoms in total. The summed E-state index contributed by atoms with van der Waals surface area (Å²) in [6, 6.07) is 5.26. The van der Waals surface area contributed by atoms with Crippen molar-refractivity contribution in [2.45, 2.75) is 0 Å². The molecule has 0 spiro atoms. The Bertz CT molecular complexity index is 262. The Labute approximate surface area is 59.2 Å². The Morgan fingerprint density at radius 3 is 3.00 bits per heavy atom. The quantitative estimate of drug-likeness (QED) is 0.330. The summed E-state index contributed by atoms with van der Waals surface area (Å²) >= 11 is 0. The SMILES string of the molecule is C#Cc1cccc(NN)n1. The van der Waals surface area contributed by atoms with Crippen LogP contribution < -0.4 is 11.3 Å². The number of nitrogens with two attached hydrogens (primary N) is 1. The van der Waals surface area contributed by atoms with Crippen molar-refractivity contribution in [3.63, 3.8) is 0 Å². The molecule has 0 fully saturated rings. The van der Waals surface area contributed by atoms with Gasteiger partial charge in [-0.25, -0.2) is 10.8 Å². The van der Waals surface area contributed by atoms with E-state index in [0.717, 1.165) is 0 Å². The van der Waals surface area contributed by atoms with Crippen LogP contribution in [0.5, 0.6) is 0 Å². The van der Waals surface area contributed by atoms with Crippen molar-refractivity contribution in [2.75, 3.05) is 5.43 Å². The Hall–Kier alpha value is -1.53. The number of hydrazine groups is 1. The summed E-state index contributed by atoms with van der Waals surface area (Å²) in [5.74, 6) is 8.07. The molecule has 3 N–H and O–H groups in total. The maximum absolute atomic E-state index is 5.09. The van der Waals surface area contributed by atoms with E-state index in [4.69, 9.17) is 12.3 Å². The highest BCUT2D eigenvalue weighted by atomic mass is 15.2. The minimum atomic E-state index is 0.579. The van der Waals surface area contributed by atoms with E-state index in [1.54, 1.807) is 18.2 Å². The Kier molecular flexibility index (Phi) is 1.88. The van der Waals surface area contributed by atoms with Crippen LogP contribution in [0, 0.1) is 12.3 Å². The minimum absolute atomic E-state index is 0.579. The van der Waals surface area contributed by atoms with Gasteiger partial charge in [-0.1, -0.05) is 12.0 Å². The molecular weight excluding hydrogens is 126 g/mol. The average molecular weight is 133 g/mol. The van der Waals surface area contributed by atoms with Gasteiger partial charge in [-0.05, 0) is 12.1 Å². The second-order valence-corrected chi connectivity index (χ2v) is 1.70. The van der Waals surface area contributed by atoms with E-state index < -0.39 is 0 Å². The van der Waals surface area contributed by atoms with Crippen molar-refractivity contribution in [3.05, 3.63) is 23.9 Å². The first-order valence-corrected chi connectivity index (χ1v) is 2.77. The third-order valence-corrected chi connectivity index (χ3v) is 1.04. The third-order valence-electron chi connectivity index (χ3n) is 1.04. The van der Waals surface area contributed by atoms with E-state index in [0.29, 0.717) is 11.5 Å². The van der Waals surface area contributed by atoms with Crippen molar-refractivity contribution in [1.82, 2.24) is 4.98 Å². The molecule has 50 valence electrons. The number of nitrogens with zero attached hydrogens (tertiary/aromatic N) is 1. The van der Waals surface area contributed by atoms with Crippen LogP contribution in [0.4, 0.5) is 5.82 Å². The van der Waals surface area contributed by atoms with Crippen LogP contribution in [-0.2, 0) is 0 Å². The van der Waals surface area contributed by atoms with Crippen molar-refractivity contribution < 1.29 is 0 Å². The molecule has 0 bridgehead atoms. The lowest BCUT2D eigenvalue weighted by Crippen LogP contribution is -2.08. The van der Waals surface area contributed by atoms with Gasteiger partial charge >= 0.3 is 0 Å². The fourth-order valence-corrected chi connectivity index (χ4v) is 0.595. The van der Waals surface area contributed by atoms with Gasteiger partial charge < -0.3 is 5.43 Å². The minimum Gasteiger partial charge on any atom is -0.308 e. The molecule has 0 amide bonds.